The number of rotatable bonds is 2. The highest BCUT2D eigenvalue weighted by Gasteiger charge is 2.21. The molecule has 0 aromatic heterocycles. The lowest BCUT2D eigenvalue weighted by atomic mass is 10.3. The van der Waals surface area contributed by atoms with Gasteiger partial charge in [0, 0.05) is 35.6 Å². The van der Waals surface area contributed by atoms with Crippen LogP contribution in [0.2, 0.25) is 0 Å². The highest BCUT2D eigenvalue weighted by Crippen LogP contribution is 2.23. The summed E-state index contributed by atoms with van der Waals surface area (Å²) in [6, 6.07) is 7.35. The third-order valence-electron chi connectivity index (χ3n) is 2.33. The van der Waals surface area contributed by atoms with Crippen molar-refractivity contribution in [2.45, 2.75) is 17.7 Å². The molecular formula is C10H11NO2S. The molecule has 1 fully saturated rings. The van der Waals surface area contributed by atoms with Crippen molar-refractivity contribution in [2.24, 2.45) is 0 Å². The Balaban J connectivity index is 2.20. The second-order valence-corrected chi connectivity index (χ2v) is 3.89. The third-order valence-corrected chi connectivity index (χ3v) is 2.81. The summed E-state index contributed by atoms with van der Waals surface area (Å²) < 4.78 is 8.78. The van der Waals surface area contributed by atoms with E-state index in [-0.39, 0.29) is 5.91 Å². The van der Waals surface area contributed by atoms with Crippen LogP contribution in [-0.4, -0.2) is 17.0 Å². The fraction of sp³-hybridized carbons (Fsp3) is 0.300. The minimum absolute atomic E-state index is 0.189. The van der Waals surface area contributed by atoms with Crippen LogP contribution in [0.4, 0.5) is 5.69 Å². The van der Waals surface area contributed by atoms with E-state index in [1.54, 1.807) is 4.90 Å². The van der Waals surface area contributed by atoms with E-state index >= 15 is 0 Å². The van der Waals surface area contributed by atoms with Gasteiger partial charge in [-0.15, -0.1) is 0 Å². The molecule has 0 aliphatic carbocycles. The van der Waals surface area contributed by atoms with E-state index in [0.29, 0.717) is 6.42 Å². The second-order valence-electron chi connectivity index (χ2n) is 3.23. The van der Waals surface area contributed by atoms with Gasteiger partial charge >= 0.3 is 0 Å². The number of hydrogen-bond donors (Lipinski definition) is 1. The smallest absolute Gasteiger partial charge is 0.227 e. The average molecular weight is 209 g/mol. The first-order chi connectivity index (χ1) is 6.81. The molecule has 0 saturated carbocycles. The second kappa shape index (κ2) is 4.02. The molecule has 14 heavy (non-hydrogen) atoms. The minimum atomic E-state index is 0.189. The molecule has 1 aromatic rings. The molecule has 1 N–H and O–H groups in total. The number of nitrogens with zero attached hydrogens (tertiary/aromatic N) is 1. The normalized spacial score (nSPS) is 16.4. The van der Waals surface area contributed by atoms with Gasteiger partial charge in [-0.3, -0.25) is 4.79 Å². The van der Waals surface area contributed by atoms with Gasteiger partial charge in [-0.25, -0.2) is 0 Å². The monoisotopic (exact) mass is 209 g/mol. The van der Waals surface area contributed by atoms with Crippen molar-refractivity contribution >= 4 is 23.6 Å². The molecule has 0 spiro atoms. The number of carbonyl (C=O) groups excluding carboxylic acids is 1. The molecule has 1 saturated heterocycles. The zero-order chi connectivity index (χ0) is 9.97. The van der Waals surface area contributed by atoms with E-state index < -0.39 is 0 Å². The first-order valence-corrected chi connectivity index (χ1v) is 5.30. The lowest BCUT2D eigenvalue weighted by Gasteiger charge is -2.15. The van der Waals surface area contributed by atoms with E-state index in [2.05, 4.69) is 0 Å². The van der Waals surface area contributed by atoms with Crippen LogP contribution < -0.4 is 4.90 Å². The van der Waals surface area contributed by atoms with Gasteiger partial charge in [-0.2, -0.15) is 0 Å². The molecule has 2 rings (SSSR count). The minimum Gasteiger partial charge on any atom is -0.325 e. The van der Waals surface area contributed by atoms with Gasteiger partial charge in [0.25, 0.3) is 0 Å². The van der Waals surface area contributed by atoms with E-state index in [9.17, 15) is 4.79 Å². The summed E-state index contributed by atoms with van der Waals surface area (Å²) in [5, 5.41) is 0. The molecule has 4 heteroatoms. The molecule has 0 unspecified atom stereocenters. The van der Waals surface area contributed by atoms with E-state index in [1.165, 1.54) is 0 Å². The molecule has 0 atom stereocenters. The van der Waals surface area contributed by atoms with Gasteiger partial charge in [0.2, 0.25) is 5.91 Å². The summed E-state index contributed by atoms with van der Waals surface area (Å²) in [5.41, 5.74) is 0.922. The van der Waals surface area contributed by atoms with Crippen molar-refractivity contribution in [1.82, 2.24) is 0 Å². The summed E-state index contributed by atoms with van der Waals surface area (Å²) in [7, 11) is 0. The fourth-order valence-electron chi connectivity index (χ4n) is 1.61. The highest BCUT2D eigenvalue weighted by atomic mass is 32.2. The lowest BCUT2D eigenvalue weighted by Crippen LogP contribution is -2.23. The van der Waals surface area contributed by atoms with Crippen LogP contribution in [0.15, 0.2) is 29.2 Å². The molecule has 74 valence electrons. The Morgan fingerprint density at radius 1 is 1.29 bits per heavy atom. The van der Waals surface area contributed by atoms with Crippen LogP contribution >= 0.6 is 12.0 Å². The Hall–Kier alpha value is -1.00. The Morgan fingerprint density at radius 3 is 2.50 bits per heavy atom. The van der Waals surface area contributed by atoms with E-state index in [0.717, 1.165) is 35.6 Å². The first-order valence-electron chi connectivity index (χ1n) is 4.53. The van der Waals surface area contributed by atoms with Crippen LogP contribution in [0.3, 0.4) is 0 Å². The summed E-state index contributed by atoms with van der Waals surface area (Å²) in [4.78, 5) is 14.0. The van der Waals surface area contributed by atoms with Gasteiger partial charge in [-0.05, 0) is 30.7 Å². The zero-order valence-corrected chi connectivity index (χ0v) is 8.46. The number of hydrogen-bond acceptors (Lipinski definition) is 3. The lowest BCUT2D eigenvalue weighted by molar-refractivity contribution is -0.117. The topological polar surface area (TPSA) is 40.5 Å². The molecule has 3 nitrogen and oxygen atoms in total. The number of amides is 1. The quantitative estimate of drug-likeness (QED) is 0.760. The van der Waals surface area contributed by atoms with Crippen LogP contribution in [0.5, 0.6) is 0 Å². The fourth-order valence-corrected chi connectivity index (χ4v) is 1.87. The number of carbonyl (C=O) groups is 1. The molecule has 0 radical (unpaired) electrons. The third kappa shape index (κ3) is 1.76. The van der Waals surface area contributed by atoms with Gasteiger partial charge in [0.1, 0.15) is 0 Å². The molecule has 1 heterocycles. The van der Waals surface area contributed by atoms with Crippen molar-refractivity contribution in [1.29, 1.82) is 0 Å². The van der Waals surface area contributed by atoms with Crippen molar-refractivity contribution < 1.29 is 9.35 Å². The van der Waals surface area contributed by atoms with Crippen molar-refractivity contribution in [3.8, 4) is 0 Å². The average Bonchev–Trinajstić information content (AvgIpc) is 2.65. The van der Waals surface area contributed by atoms with Crippen LogP contribution in [0.25, 0.3) is 0 Å². The summed E-state index contributed by atoms with van der Waals surface area (Å²) in [5.74, 6) is 0.189. The summed E-state index contributed by atoms with van der Waals surface area (Å²) in [6.07, 6.45) is 1.59. The van der Waals surface area contributed by atoms with Crippen molar-refractivity contribution in [3.63, 3.8) is 0 Å². The number of anilines is 1. The van der Waals surface area contributed by atoms with Crippen LogP contribution in [0, 0.1) is 0 Å². The first kappa shape index (κ1) is 9.55. The van der Waals surface area contributed by atoms with E-state index in [1.807, 2.05) is 24.3 Å². The maximum atomic E-state index is 11.4. The predicted molar refractivity (Wildman–Crippen MR) is 56.5 cm³/mol. The highest BCUT2D eigenvalue weighted by molar-refractivity contribution is 7.93. The Labute approximate surface area is 86.9 Å². The maximum Gasteiger partial charge on any atom is 0.227 e. The predicted octanol–water partition coefficient (Wildman–Crippen LogP) is 2.38. The van der Waals surface area contributed by atoms with Crippen LogP contribution in [-0.2, 0) is 4.79 Å². The largest absolute Gasteiger partial charge is 0.325 e. The Morgan fingerprint density at radius 2 is 2.00 bits per heavy atom. The molecule has 1 aliphatic rings. The maximum absolute atomic E-state index is 11.4. The van der Waals surface area contributed by atoms with Crippen molar-refractivity contribution in [2.75, 3.05) is 11.4 Å². The van der Waals surface area contributed by atoms with Gasteiger partial charge in [0.05, 0.1) is 0 Å². The van der Waals surface area contributed by atoms with Gasteiger partial charge in [0.15, 0.2) is 0 Å². The SMILES string of the molecule is O=C1CCCN1c1ccc(SO)cc1. The number of benzene rings is 1. The molecular weight excluding hydrogens is 198 g/mol. The Bertz CT molecular complexity index is 336. The molecule has 1 aromatic carbocycles. The zero-order valence-electron chi connectivity index (χ0n) is 7.64. The van der Waals surface area contributed by atoms with Gasteiger partial charge in [-0.1, -0.05) is 0 Å². The van der Waals surface area contributed by atoms with Crippen LogP contribution in [0.1, 0.15) is 12.8 Å². The molecule has 0 bridgehead atoms. The molecule has 1 aliphatic heterocycles. The van der Waals surface area contributed by atoms with Crippen molar-refractivity contribution in [3.05, 3.63) is 24.3 Å². The summed E-state index contributed by atoms with van der Waals surface area (Å²) >= 11 is 0.717. The molecule has 1 amide bonds. The Kier molecular flexibility index (Phi) is 2.74. The summed E-state index contributed by atoms with van der Waals surface area (Å²) in [6.45, 7) is 0.810. The standard InChI is InChI=1S/C10H11NO2S/c12-10-2-1-7-11(10)8-3-5-9(14-13)6-4-8/h3-6,13H,1-2,7H2. The van der Waals surface area contributed by atoms with Gasteiger partial charge < -0.3 is 9.45 Å². The van der Waals surface area contributed by atoms with E-state index in [4.69, 9.17) is 4.55 Å².